The van der Waals surface area contributed by atoms with E-state index in [1.54, 1.807) is 20.8 Å². The van der Waals surface area contributed by atoms with Crippen LogP contribution in [0.4, 0.5) is 0 Å². The molecule has 4 rings (SSSR count). The van der Waals surface area contributed by atoms with Gasteiger partial charge in [-0.2, -0.15) is 0 Å². The van der Waals surface area contributed by atoms with Crippen molar-refractivity contribution in [3.63, 3.8) is 0 Å². The molecule has 4 aliphatic heterocycles. The van der Waals surface area contributed by atoms with Gasteiger partial charge in [-0.1, -0.05) is 52.4 Å². The fraction of sp³-hybridized carbons (Fsp3) is 0.984. The van der Waals surface area contributed by atoms with Gasteiger partial charge in [0.1, 0.15) is 54.9 Å². The minimum absolute atomic E-state index is 0.00729. The van der Waals surface area contributed by atoms with Crippen LogP contribution in [0.1, 0.15) is 130 Å². The molecule has 45 heteroatoms. The van der Waals surface area contributed by atoms with Gasteiger partial charge in [0.25, 0.3) is 0 Å². The Hall–Kier alpha value is -0.700. The highest BCUT2D eigenvalue weighted by Crippen LogP contribution is 2.49. The van der Waals surface area contributed by atoms with Gasteiger partial charge in [0, 0.05) is 71.5 Å². The molecule has 0 bridgehead atoms. The second-order valence-corrected chi connectivity index (χ2v) is 34.4. The fourth-order valence-corrected chi connectivity index (χ4v) is 15.3. The third kappa shape index (κ3) is 38.2. The number of ether oxygens (including phenoxy) is 10. The number of aliphatic hydroxyl groups excluding tert-OH is 9. The molecule has 0 spiro atoms. The standard InChI is InChI=1S/C61H120NO39P5/c1-42-33-46(101-102(5,73)74)50(97-42)37-95-106(81,82)96-41-61(38-83-21-18-30-92-103(75,76)89-27-15-9-6-12-24-86-58-43(2)52(67)54(69)47(34-63)98-58,39-84-22-19-31-93-104(77,78)90-28-16-10-7-13-25-87-59-44(3)53(68)55(70)48(35-64)99-59)40-85-23-20-32-94-105(79,80)91-29-17-11-8-14-26-88-60-51(62-45(4)66)57(72)56(71)49(36-65)100-60/h42-44,46-60,63-65,67-72H,6-41H2,1-5H3,(H,62,66)(H,73,74)(H,75,76)(H,77,78)(H,79,80)(H,81,82)/t42-,43?,44?,46?,47?,48?,49?,50+,51?,52+,53+,54-,55-,56-,57+,58+,59+,60+,61?/m0/s1. The van der Waals surface area contributed by atoms with Crippen molar-refractivity contribution in [3.05, 3.63) is 0 Å². The molecule has 0 aliphatic carbocycles. The number of nitrogens with one attached hydrogen (secondary N) is 1. The Kier molecular flexibility index (Phi) is 46.6. The highest BCUT2D eigenvalue weighted by Gasteiger charge is 2.47. The van der Waals surface area contributed by atoms with Crippen LogP contribution >= 0.6 is 38.9 Å². The van der Waals surface area contributed by atoms with Gasteiger partial charge in [0.15, 0.2) is 18.9 Å². The first-order valence-electron chi connectivity index (χ1n) is 35.9. The quantitative estimate of drug-likeness (QED) is 0.0305. The Labute approximate surface area is 618 Å². The summed E-state index contributed by atoms with van der Waals surface area (Å²) in [7, 11) is -22.8. The normalized spacial score (nSPS) is 31.5. The summed E-state index contributed by atoms with van der Waals surface area (Å²) in [4.78, 5) is 64.0. The lowest BCUT2D eigenvalue weighted by Gasteiger charge is -2.42. The second-order valence-electron chi connectivity index (χ2n) is 26.7. The van der Waals surface area contributed by atoms with E-state index in [-0.39, 0.29) is 125 Å². The summed E-state index contributed by atoms with van der Waals surface area (Å²) >= 11 is 0. The number of phosphoric acid groups is 4. The Bertz CT molecular complexity index is 2560. The molecular formula is C61H120NO39P5. The van der Waals surface area contributed by atoms with Crippen molar-refractivity contribution in [1.29, 1.82) is 0 Å². The molecule has 23 atom stereocenters. The van der Waals surface area contributed by atoms with Gasteiger partial charge in [0.05, 0.1) is 122 Å². The zero-order chi connectivity index (χ0) is 78.6. The summed E-state index contributed by atoms with van der Waals surface area (Å²) in [6.07, 6.45) is -10.0. The number of phosphoric ester groups is 4. The lowest BCUT2D eigenvalue weighted by molar-refractivity contribution is -0.282. The van der Waals surface area contributed by atoms with E-state index in [2.05, 4.69) is 5.32 Å². The van der Waals surface area contributed by atoms with Gasteiger partial charge in [-0.25, -0.2) is 18.3 Å². The highest BCUT2D eigenvalue weighted by molar-refractivity contribution is 7.52. The van der Waals surface area contributed by atoms with E-state index in [9.17, 15) is 98.0 Å². The molecule has 0 radical (unpaired) electrons. The van der Waals surface area contributed by atoms with Gasteiger partial charge in [-0.05, 0) is 64.7 Å². The van der Waals surface area contributed by atoms with Crippen LogP contribution in [0.25, 0.3) is 0 Å². The molecule has 0 aromatic rings. The Balaban J connectivity index is 1.32. The summed E-state index contributed by atoms with van der Waals surface area (Å²) in [6, 6.07) is -1.10. The van der Waals surface area contributed by atoms with E-state index in [1.807, 2.05) is 0 Å². The Morgan fingerprint density at radius 1 is 0.406 bits per heavy atom. The second kappa shape index (κ2) is 50.6. The first-order valence-corrected chi connectivity index (χ1v) is 43.9. The summed E-state index contributed by atoms with van der Waals surface area (Å²) < 4.78 is 169. The van der Waals surface area contributed by atoms with Crippen LogP contribution in [0.15, 0.2) is 0 Å². The number of amides is 1. The zero-order valence-electron chi connectivity index (χ0n) is 61.1. The molecule has 1 amide bonds. The monoisotopic (exact) mass is 1650 g/mol. The van der Waals surface area contributed by atoms with Crippen molar-refractivity contribution in [1.82, 2.24) is 5.32 Å². The number of hydrogen-bond acceptors (Lipinski definition) is 34. The van der Waals surface area contributed by atoms with Crippen LogP contribution in [0.2, 0.25) is 0 Å². The average Bonchev–Trinajstić information content (AvgIpc) is 1.02. The van der Waals surface area contributed by atoms with Crippen LogP contribution in [0.5, 0.6) is 0 Å². The fourth-order valence-electron chi connectivity index (χ4n) is 11.3. The van der Waals surface area contributed by atoms with Crippen molar-refractivity contribution in [3.8, 4) is 0 Å². The molecule has 628 valence electrons. The molecule has 4 saturated heterocycles. The van der Waals surface area contributed by atoms with Gasteiger partial charge in [-0.15, -0.1) is 0 Å². The van der Waals surface area contributed by atoms with E-state index < -0.39 is 193 Å². The lowest BCUT2D eigenvalue weighted by Crippen LogP contribution is -2.64. The number of hydrogen-bond donors (Lipinski definition) is 15. The topological polar surface area (TPSA) is 573 Å². The van der Waals surface area contributed by atoms with E-state index in [1.165, 1.54) is 6.92 Å². The summed E-state index contributed by atoms with van der Waals surface area (Å²) in [5.74, 6) is -1.61. The molecule has 40 nitrogen and oxygen atoms in total. The Morgan fingerprint density at radius 2 is 0.736 bits per heavy atom. The number of unbranched alkanes of at least 4 members (excludes halogenated alkanes) is 9. The molecule has 0 saturated carbocycles. The third-order valence-corrected chi connectivity index (χ3v) is 21.9. The van der Waals surface area contributed by atoms with E-state index >= 15 is 0 Å². The summed E-state index contributed by atoms with van der Waals surface area (Å²) in [6.45, 7) is 1.61. The zero-order valence-corrected chi connectivity index (χ0v) is 65.5. The molecular weight excluding hydrogens is 1530 g/mol. The minimum atomic E-state index is -5.07. The van der Waals surface area contributed by atoms with Crippen LogP contribution in [-0.2, 0) is 116 Å². The van der Waals surface area contributed by atoms with E-state index in [0.717, 1.165) is 6.66 Å². The van der Waals surface area contributed by atoms with Gasteiger partial charge in [-0.3, -0.25) is 45.5 Å². The van der Waals surface area contributed by atoms with Gasteiger partial charge >= 0.3 is 38.9 Å². The molecule has 0 aromatic carbocycles. The van der Waals surface area contributed by atoms with Gasteiger partial charge in [0.2, 0.25) is 5.91 Å². The number of carbonyl (C=O) groups is 1. The molecule has 12 unspecified atom stereocenters. The molecule has 106 heavy (non-hydrogen) atoms. The van der Waals surface area contributed by atoms with E-state index in [0.29, 0.717) is 77.0 Å². The SMILES string of the molecule is CC(=O)NC1[C@H](OCCCCCCOP(=O)(O)OCCCOCC(COCCCOP(=O)(O)OCCCCCCO[C@@H]2OC(CO)[C@H](O)[C@H](O)C2C)(COCCCOP(=O)(O)OCCCCCCO[C@@H]2OC(CO)[C@H](O)[C@H](O)C2C)COP(=O)(O)OC[C@H]2O[C@@H](C)CC2OP(C)(=O)O)OC(CO)[C@H](O)[C@@H]1O. The average molecular weight is 1650 g/mol. The molecule has 0 aromatic heterocycles. The third-order valence-electron chi connectivity index (χ3n) is 17.3. The predicted octanol–water partition coefficient (Wildman–Crippen LogP) is 1.93. The summed E-state index contributed by atoms with van der Waals surface area (Å²) in [5.41, 5.74) is -1.55. The molecule has 4 heterocycles. The van der Waals surface area contributed by atoms with Crippen LogP contribution in [-0.4, -0.2) is 313 Å². The van der Waals surface area contributed by atoms with Crippen molar-refractivity contribution in [2.75, 3.05) is 139 Å². The van der Waals surface area contributed by atoms with Crippen molar-refractivity contribution in [2.24, 2.45) is 17.3 Å². The first-order chi connectivity index (χ1) is 50.1. The number of aliphatic hydroxyl groups is 9. The van der Waals surface area contributed by atoms with Crippen LogP contribution < -0.4 is 5.32 Å². The summed E-state index contributed by atoms with van der Waals surface area (Å²) in [5, 5.41) is 92.5. The molecule has 15 N–H and O–H groups in total. The van der Waals surface area contributed by atoms with Crippen molar-refractivity contribution >= 4 is 44.8 Å². The number of rotatable bonds is 60. The van der Waals surface area contributed by atoms with E-state index in [4.69, 9.17) is 88.1 Å². The minimum Gasteiger partial charge on any atom is -0.394 e. The molecule has 4 aliphatic rings. The smallest absolute Gasteiger partial charge is 0.394 e. The molecule has 4 fully saturated rings. The maximum absolute atomic E-state index is 13.7. The highest BCUT2D eigenvalue weighted by atomic mass is 31.2. The number of carbonyl (C=O) groups excluding carboxylic acids is 1. The van der Waals surface area contributed by atoms with Crippen LogP contribution in [0, 0.1) is 17.3 Å². The maximum Gasteiger partial charge on any atom is 0.472 e. The van der Waals surface area contributed by atoms with Crippen LogP contribution in [0.3, 0.4) is 0 Å². The maximum atomic E-state index is 13.7. The largest absolute Gasteiger partial charge is 0.472 e. The van der Waals surface area contributed by atoms with Crippen molar-refractivity contribution in [2.45, 2.75) is 229 Å². The van der Waals surface area contributed by atoms with Gasteiger partial charge < -0.3 is 128 Å². The van der Waals surface area contributed by atoms with Crippen molar-refractivity contribution < 1.29 is 186 Å². The first kappa shape index (κ1) is 97.7. The Morgan fingerprint density at radius 3 is 1.09 bits per heavy atom. The predicted molar refractivity (Wildman–Crippen MR) is 368 cm³/mol. The lowest BCUT2D eigenvalue weighted by atomic mass is 9.92.